The summed E-state index contributed by atoms with van der Waals surface area (Å²) in [5, 5.41) is 13.8. The lowest BCUT2D eigenvalue weighted by molar-refractivity contribution is -0.384. The summed E-state index contributed by atoms with van der Waals surface area (Å²) >= 11 is 3.25. The molecule has 1 aromatic carbocycles. The van der Waals surface area contributed by atoms with Gasteiger partial charge in [-0.1, -0.05) is 12.1 Å². The van der Waals surface area contributed by atoms with E-state index in [0.29, 0.717) is 36.1 Å². The van der Waals surface area contributed by atoms with Crippen LogP contribution in [0.5, 0.6) is 0 Å². The number of piperidine rings is 1. The lowest BCUT2D eigenvalue weighted by Crippen LogP contribution is -2.39. The molecule has 0 aliphatic carbocycles. The van der Waals surface area contributed by atoms with Crippen molar-refractivity contribution in [2.75, 3.05) is 23.3 Å². The van der Waals surface area contributed by atoms with Crippen LogP contribution in [0.2, 0.25) is 0 Å². The molecule has 1 aliphatic rings. The maximum absolute atomic E-state index is 12.4. The number of carbonyl (C=O) groups is 1. The van der Waals surface area contributed by atoms with Gasteiger partial charge >= 0.3 is 0 Å². The van der Waals surface area contributed by atoms with E-state index in [9.17, 15) is 19.7 Å². The number of halogens is 1. The molecular formula is C17H17BrN4O4. The second kappa shape index (κ2) is 7.69. The zero-order chi connectivity index (χ0) is 18.7. The third kappa shape index (κ3) is 3.93. The summed E-state index contributed by atoms with van der Waals surface area (Å²) in [7, 11) is 0. The minimum absolute atomic E-state index is 0.0658. The van der Waals surface area contributed by atoms with Crippen molar-refractivity contribution in [1.82, 2.24) is 4.98 Å². The van der Waals surface area contributed by atoms with Gasteiger partial charge in [0.15, 0.2) is 0 Å². The van der Waals surface area contributed by atoms with E-state index in [1.54, 1.807) is 24.3 Å². The van der Waals surface area contributed by atoms with Gasteiger partial charge in [0, 0.05) is 35.7 Å². The molecule has 2 aromatic rings. The highest BCUT2D eigenvalue weighted by Gasteiger charge is 2.28. The van der Waals surface area contributed by atoms with E-state index in [2.05, 4.69) is 26.2 Å². The van der Waals surface area contributed by atoms with Gasteiger partial charge in [0.1, 0.15) is 11.4 Å². The van der Waals surface area contributed by atoms with Crippen LogP contribution >= 0.6 is 15.9 Å². The molecule has 9 heteroatoms. The van der Waals surface area contributed by atoms with Gasteiger partial charge in [0.2, 0.25) is 5.91 Å². The predicted octanol–water partition coefficient (Wildman–Crippen LogP) is 2.90. The molecule has 0 spiro atoms. The van der Waals surface area contributed by atoms with Crippen molar-refractivity contribution >= 4 is 38.9 Å². The van der Waals surface area contributed by atoms with Gasteiger partial charge in [-0.15, -0.1) is 0 Å². The Bertz CT molecular complexity index is 890. The van der Waals surface area contributed by atoms with Crippen LogP contribution in [0.1, 0.15) is 12.8 Å². The molecule has 1 aromatic heterocycles. The average molecular weight is 421 g/mol. The van der Waals surface area contributed by atoms with Crippen molar-refractivity contribution in [3.63, 3.8) is 0 Å². The Morgan fingerprint density at radius 3 is 2.69 bits per heavy atom. The van der Waals surface area contributed by atoms with E-state index in [1.807, 2.05) is 4.90 Å². The summed E-state index contributed by atoms with van der Waals surface area (Å²) in [6.07, 6.45) is 2.62. The number of aromatic amines is 1. The van der Waals surface area contributed by atoms with Crippen LogP contribution in [0.3, 0.4) is 0 Å². The number of benzene rings is 1. The summed E-state index contributed by atoms with van der Waals surface area (Å²) in [5.74, 6) is -0.455. The fraction of sp³-hybridized carbons (Fsp3) is 0.294. The van der Waals surface area contributed by atoms with Gasteiger partial charge in [-0.25, -0.2) is 0 Å². The lowest BCUT2D eigenvalue weighted by Gasteiger charge is -2.32. The molecule has 1 fully saturated rings. The molecule has 0 unspecified atom stereocenters. The second-order valence-electron chi connectivity index (χ2n) is 6.06. The van der Waals surface area contributed by atoms with Crippen LogP contribution in [-0.2, 0) is 4.79 Å². The van der Waals surface area contributed by atoms with Crippen LogP contribution in [0, 0.1) is 16.0 Å². The lowest BCUT2D eigenvalue weighted by atomic mass is 9.95. The number of aromatic nitrogens is 1. The predicted molar refractivity (Wildman–Crippen MR) is 101 cm³/mol. The molecule has 1 aliphatic heterocycles. The number of nitro groups is 1. The van der Waals surface area contributed by atoms with E-state index >= 15 is 0 Å². The molecule has 0 atom stereocenters. The molecule has 3 rings (SSSR count). The number of hydrogen-bond donors (Lipinski definition) is 2. The van der Waals surface area contributed by atoms with Gasteiger partial charge in [0.25, 0.3) is 11.2 Å². The molecule has 2 heterocycles. The van der Waals surface area contributed by atoms with Crippen LogP contribution < -0.4 is 15.8 Å². The monoisotopic (exact) mass is 420 g/mol. The normalized spacial score (nSPS) is 14.9. The highest BCUT2D eigenvalue weighted by molar-refractivity contribution is 9.10. The summed E-state index contributed by atoms with van der Waals surface area (Å²) in [4.78, 5) is 39.4. The fourth-order valence-electron chi connectivity index (χ4n) is 3.05. The first-order valence-electron chi connectivity index (χ1n) is 8.13. The minimum Gasteiger partial charge on any atom is -0.366 e. The minimum atomic E-state index is -0.395. The number of nitrogens with zero attached hydrogens (tertiary/aromatic N) is 2. The maximum atomic E-state index is 12.4. The van der Waals surface area contributed by atoms with Crippen molar-refractivity contribution in [2.24, 2.45) is 5.92 Å². The number of amides is 1. The number of nitro benzene ring substituents is 1. The van der Waals surface area contributed by atoms with Crippen LogP contribution in [-0.4, -0.2) is 28.9 Å². The van der Waals surface area contributed by atoms with Crippen molar-refractivity contribution in [2.45, 2.75) is 12.8 Å². The van der Waals surface area contributed by atoms with Gasteiger partial charge in [-0.05, 0) is 40.9 Å². The van der Waals surface area contributed by atoms with E-state index in [1.165, 1.54) is 12.3 Å². The molecule has 26 heavy (non-hydrogen) atoms. The molecule has 0 bridgehead atoms. The van der Waals surface area contributed by atoms with Crippen molar-refractivity contribution < 1.29 is 9.72 Å². The Kier molecular flexibility index (Phi) is 5.36. The fourth-order valence-corrected chi connectivity index (χ4v) is 3.40. The molecule has 2 N–H and O–H groups in total. The molecule has 136 valence electrons. The van der Waals surface area contributed by atoms with Gasteiger partial charge < -0.3 is 15.2 Å². The Morgan fingerprint density at radius 1 is 1.31 bits per heavy atom. The van der Waals surface area contributed by atoms with E-state index in [4.69, 9.17) is 0 Å². The second-order valence-corrected chi connectivity index (χ2v) is 6.97. The summed E-state index contributed by atoms with van der Waals surface area (Å²) in [6, 6.07) is 8.16. The average Bonchev–Trinajstić information content (AvgIpc) is 2.65. The number of nitrogens with one attached hydrogen (secondary N) is 2. The highest BCUT2D eigenvalue weighted by Crippen LogP contribution is 2.31. The van der Waals surface area contributed by atoms with Crippen molar-refractivity contribution in [1.29, 1.82) is 0 Å². The zero-order valence-electron chi connectivity index (χ0n) is 13.8. The molecule has 1 amide bonds. The smallest absolute Gasteiger partial charge is 0.292 e. The standard InChI is InChI=1S/C17H17BrN4O4/c18-12-9-13(17(24)19-10-12)20-16(23)11-5-7-21(8-6-11)14-3-1-2-4-15(14)22(25)26/h1-4,9-11H,5-8H2,(H,19,24)(H,20,23). The largest absolute Gasteiger partial charge is 0.366 e. The van der Waals surface area contributed by atoms with E-state index < -0.39 is 4.92 Å². The first-order valence-corrected chi connectivity index (χ1v) is 8.92. The maximum Gasteiger partial charge on any atom is 0.292 e. The highest BCUT2D eigenvalue weighted by atomic mass is 79.9. The zero-order valence-corrected chi connectivity index (χ0v) is 15.4. The van der Waals surface area contributed by atoms with E-state index in [-0.39, 0.29) is 28.8 Å². The number of anilines is 2. The number of carbonyl (C=O) groups excluding carboxylic acids is 1. The SMILES string of the molecule is O=C(Nc1cc(Br)c[nH]c1=O)C1CCN(c2ccccc2[N+](=O)[O-])CC1. The number of H-pyrrole nitrogens is 1. The Morgan fingerprint density at radius 2 is 2.00 bits per heavy atom. The van der Waals surface area contributed by atoms with Gasteiger partial charge in [0.05, 0.1) is 4.92 Å². The van der Waals surface area contributed by atoms with Crippen molar-refractivity contribution in [3.05, 3.63) is 61.5 Å². The van der Waals surface area contributed by atoms with Gasteiger partial charge in [-0.2, -0.15) is 0 Å². The van der Waals surface area contributed by atoms with Crippen molar-refractivity contribution in [3.8, 4) is 0 Å². The third-order valence-electron chi connectivity index (χ3n) is 4.41. The first-order chi connectivity index (χ1) is 12.5. The summed E-state index contributed by atoms with van der Waals surface area (Å²) < 4.78 is 0.665. The quantitative estimate of drug-likeness (QED) is 0.583. The number of para-hydroxylation sites is 2. The Hall–Kier alpha value is -2.68. The summed E-state index contributed by atoms with van der Waals surface area (Å²) in [5.41, 5.74) is 0.472. The van der Waals surface area contributed by atoms with Crippen LogP contribution in [0.25, 0.3) is 0 Å². The van der Waals surface area contributed by atoms with Gasteiger partial charge in [-0.3, -0.25) is 19.7 Å². The topological polar surface area (TPSA) is 108 Å². The number of rotatable bonds is 4. The van der Waals surface area contributed by atoms with Crippen LogP contribution in [0.15, 0.2) is 45.8 Å². The summed E-state index contributed by atoms with van der Waals surface area (Å²) in [6.45, 7) is 1.08. The Balaban J connectivity index is 1.65. The molecule has 0 saturated carbocycles. The number of hydrogen-bond acceptors (Lipinski definition) is 5. The molecule has 8 nitrogen and oxygen atoms in total. The molecular weight excluding hydrogens is 404 g/mol. The number of pyridine rings is 1. The molecule has 0 radical (unpaired) electrons. The Labute approximate surface area is 157 Å². The third-order valence-corrected chi connectivity index (χ3v) is 4.87. The van der Waals surface area contributed by atoms with Crippen LogP contribution in [0.4, 0.5) is 17.1 Å². The molecule has 1 saturated heterocycles. The first kappa shape index (κ1) is 18.1. The van der Waals surface area contributed by atoms with E-state index in [0.717, 1.165) is 0 Å².